The van der Waals surface area contributed by atoms with Gasteiger partial charge in [0.2, 0.25) is 0 Å². The number of alkyl halides is 3. The number of hydrogen-bond donors (Lipinski definition) is 0. The van der Waals surface area contributed by atoms with Crippen LogP contribution in [0.3, 0.4) is 0 Å². The maximum Gasteiger partial charge on any atom is 0.524 e. The zero-order valence-corrected chi connectivity index (χ0v) is 8.25. The van der Waals surface area contributed by atoms with Crippen LogP contribution in [-0.4, -0.2) is 26.0 Å². The summed E-state index contributed by atoms with van der Waals surface area (Å²) in [5, 5.41) is 0. The van der Waals surface area contributed by atoms with Crippen LogP contribution in [0.25, 0.3) is 0 Å². The van der Waals surface area contributed by atoms with Crippen molar-refractivity contribution in [2.45, 2.75) is 12.4 Å². The van der Waals surface area contributed by atoms with Crippen molar-refractivity contribution in [1.82, 2.24) is 0 Å². The van der Waals surface area contributed by atoms with Crippen LogP contribution in [0.15, 0.2) is 0 Å². The summed E-state index contributed by atoms with van der Waals surface area (Å²) in [7, 11) is -8.12. The summed E-state index contributed by atoms with van der Waals surface area (Å²) >= 11 is 0. The van der Waals surface area contributed by atoms with Crippen molar-refractivity contribution in [2.75, 3.05) is 12.1 Å². The SMILES string of the molecule is CCO[P+](=O)CS(=O)(=O)C(F)(F)F. The fraction of sp³-hybridized carbons (Fsp3) is 1.00. The van der Waals surface area contributed by atoms with E-state index >= 15 is 0 Å². The summed E-state index contributed by atoms with van der Waals surface area (Å²) in [6.45, 7) is 1.30. The largest absolute Gasteiger partial charge is 0.524 e. The Kier molecular flexibility index (Phi) is 4.28. The smallest absolute Gasteiger partial charge is 0.215 e. The summed E-state index contributed by atoms with van der Waals surface area (Å²) in [6, 6.07) is 0. The van der Waals surface area contributed by atoms with Gasteiger partial charge >= 0.3 is 13.5 Å². The molecule has 13 heavy (non-hydrogen) atoms. The van der Waals surface area contributed by atoms with Crippen LogP contribution in [-0.2, 0) is 18.9 Å². The van der Waals surface area contributed by atoms with E-state index in [1.165, 1.54) is 6.92 Å². The second-order valence-electron chi connectivity index (χ2n) is 1.94. The van der Waals surface area contributed by atoms with Gasteiger partial charge < -0.3 is 0 Å². The third kappa shape index (κ3) is 4.02. The van der Waals surface area contributed by atoms with E-state index in [1.807, 2.05) is 0 Å². The van der Waals surface area contributed by atoms with E-state index in [0.717, 1.165) is 0 Å². The molecule has 0 spiro atoms. The molecule has 0 amide bonds. The molecule has 0 rings (SSSR count). The van der Waals surface area contributed by atoms with E-state index in [0.29, 0.717) is 0 Å². The Balaban J connectivity index is 4.46. The minimum Gasteiger partial charge on any atom is -0.215 e. The molecule has 1 atom stereocenters. The van der Waals surface area contributed by atoms with Crippen LogP contribution >= 0.6 is 8.03 Å². The predicted octanol–water partition coefficient (Wildman–Crippen LogP) is 1.66. The molecule has 0 aliphatic carbocycles. The van der Waals surface area contributed by atoms with Crippen molar-refractivity contribution in [1.29, 1.82) is 0 Å². The maximum atomic E-state index is 11.7. The van der Waals surface area contributed by atoms with E-state index in [-0.39, 0.29) is 6.61 Å². The summed E-state index contributed by atoms with van der Waals surface area (Å²) in [5.74, 6) is 0. The van der Waals surface area contributed by atoms with Crippen LogP contribution in [0.1, 0.15) is 6.92 Å². The lowest BCUT2D eigenvalue weighted by Crippen LogP contribution is -2.24. The zero-order chi connectivity index (χ0) is 10.7. The van der Waals surface area contributed by atoms with Crippen LogP contribution in [0.2, 0.25) is 0 Å². The Labute approximate surface area is 73.9 Å². The van der Waals surface area contributed by atoms with Crippen LogP contribution in [0.5, 0.6) is 0 Å². The Hall–Kier alpha value is -0.200. The third-order valence-electron chi connectivity index (χ3n) is 0.901. The third-order valence-corrected chi connectivity index (χ3v) is 4.36. The zero-order valence-electron chi connectivity index (χ0n) is 6.54. The van der Waals surface area contributed by atoms with Gasteiger partial charge in [0.25, 0.3) is 15.3 Å². The van der Waals surface area contributed by atoms with Gasteiger partial charge in [-0.1, -0.05) is 0 Å². The highest BCUT2D eigenvalue weighted by molar-refractivity contribution is 7.96. The molecule has 9 heteroatoms. The molecule has 0 aromatic rings. The fourth-order valence-electron chi connectivity index (χ4n) is 0.393. The van der Waals surface area contributed by atoms with Crippen molar-refractivity contribution >= 4 is 17.9 Å². The summed E-state index contributed by atoms with van der Waals surface area (Å²) < 4.78 is 70.4. The van der Waals surface area contributed by atoms with Gasteiger partial charge in [0.05, 0.1) is 6.61 Å². The fourth-order valence-corrected chi connectivity index (χ4v) is 2.68. The van der Waals surface area contributed by atoms with Crippen LogP contribution < -0.4 is 0 Å². The summed E-state index contributed by atoms with van der Waals surface area (Å²) in [5.41, 5.74) is -6.88. The molecule has 0 fully saturated rings. The Morgan fingerprint density at radius 3 is 2.15 bits per heavy atom. The molecule has 0 aromatic heterocycles. The average molecular weight is 239 g/mol. The van der Waals surface area contributed by atoms with Crippen molar-refractivity contribution < 1.29 is 30.7 Å². The van der Waals surface area contributed by atoms with Gasteiger partial charge in [-0.25, -0.2) is 8.42 Å². The summed E-state index contributed by atoms with van der Waals surface area (Å²) in [6.07, 6.45) is 0. The van der Waals surface area contributed by atoms with Crippen molar-refractivity contribution in [2.24, 2.45) is 0 Å². The van der Waals surface area contributed by atoms with Gasteiger partial charge in [0.15, 0.2) is 0 Å². The number of sulfone groups is 1. The van der Waals surface area contributed by atoms with E-state index in [9.17, 15) is 26.2 Å². The Morgan fingerprint density at radius 2 is 1.85 bits per heavy atom. The first-order valence-electron chi connectivity index (χ1n) is 3.07. The first-order chi connectivity index (χ1) is 5.70. The molecule has 78 valence electrons. The second kappa shape index (κ2) is 4.34. The monoisotopic (exact) mass is 239 g/mol. The Bertz CT molecular complexity index is 282. The van der Waals surface area contributed by atoms with Crippen molar-refractivity contribution in [3.63, 3.8) is 0 Å². The lowest BCUT2D eigenvalue weighted by molar-refractivity contribution is -0.0431. The highest BCUT2D eigenvalue weighted by Gasteiger charge is 2.51. The van der Waals surface area contributed by atoms with E-state index in [2.05, 4.69) is 4.52 Å². The van der Waals surface area contributed by atoms with Crippen molar-refractivity contribution in [3.05, 3.63) is 0 Å². The molecule has 1 unspecified atom stereocenters. The van der Waals surface area contributed by atoms with E-state index in [4.69, 9.17) is 0 Å². The Morgan fingerprint density at radius 1 is 1.38 bits per heavy atom. The maximum absolute atomic E-state index is 11.7. The second-order valence-corrected chi connectivity index (χ2v) is 5.59. The van der Waals surface area contributed by atoms with Gasteiger partial charge in [-0.05, 0) is 11.5 Å². The minimum atomic E-state index is -5.37. The van der Waals surface area contributed by atoms with Gasteiger partial charge in [-0.2, -0.15) is 13.2 Å². The lowest BCUT2D eigenvalue weighted by atomic mass is 10.9. The quantitative estimate of drug-likeness (QED) is 0.700. The molecule has 0 radical (unpaired) electrons. The van der Waals surface area contributed by atoms with Gasteiger partial charge in [-0.3, -0.25) is 0 Å². The normalized spacial score (nSPS) is 14.3. The standard InChI is InChI=1S/C4H7F3O4PS/c1-2-11-12(8)3-13(9,10)4(5,6)7/h2-3H2,1H3/q+1. The highest BCUT2D eigenvalue weighted by atomic mass is 32.2. The lowest BCUT2D eigenvalue weighted by Gasteiger charge is -2.01. The molecule has 0 bridgehead atoms. The van der Waals surface area contributed by atoms with E-state index < -0.39 is 28.9 Å². The molecule has 0 aliphatic rings. The predicted molar refractivity (Wildman–Crippen MR) is 39.1 cm³/mol. The molecule has 0 saturated heterocycles. The highest BCUT2D eigenvalue weighted by Crippen LogP contribution is 2.32. The molecule has 0 aromatic carbocycles. The van der Waals surface area contributed by atoms with Crippen LogP contribution in [0, 0.1) is 0 Å². The van der Waals surface area contributed by atoms with Gasteiger partial charge in [0.1, 0.15) is 0 Å². The molecular weight excluding hydrogens is 232 g/mol. The average Bonchev–Trinajstić information content (AvgIpc) is 1.83. The molecular formula is C4H7F3O4PS+. The molecule has 0 N–H and O–H groups in total. The minimum absolute atomic E-state index is 0.0947. The van der Waals surface area contributed by atoms with E-state index in [1.54, 1.807) is 0 Å². The number of hydrogen-bond acceptors (Lipinski definition) is 4. The first-order valence-corrected chi connectivity index (χ1v) is 6.09. The topological polar surface area (TPSA) is 60.4 Å². The summed E-state index contributed by atoms with van der Waals surface area (Å²) in [4.78, 5) is 0. The van der Waals surface area contributed by atoms with Gasteiger partial charge in [-0.15, -0.1) is 4.52 Å². The van der Waals surface area contributed by atoms with Crippen LogP contribution in [0.4, 0.5) is 13.2 Å². The molecule has 0 heterocycles. The first kappa shape index (κ1) is 12.8. The molecule has 4 nitrogen and oxygen atoms in total. The number of halogens is 3. The molecule has 0 saturated carbocycles. The molecule has 0 aliphatic heterocycles. The van der Waals surface area contributed by atoms with Crippen molar-refractivity contribution in [3.8, 4) is 0 Å². The van der Waals surface area contributed by atoms with Gasteiger partial charge in [0, 0.05) is 0 Å². The number of rotatable bonds is 4.